The highest BCUT2D eigenvalue weighted by Gasteiger charge is 2.41. The van der Waals surface area contributed by atoms with E-state index in [1.54, 1.807) is 26.4 Å². The van der Waals surface area contributed by atoms with E-state index in [0.29, 0.717) is 50.7 Å². The molecule has 4 unspecified atom stereocenters. The highest BCUT2D eigenvalue weighted by atomic mass is 16.7. The summed E-state index contributed by atoms with van der Waals surface area (Å²) in [4.78, 5) is 32.2. The SMILES string of the molecule is COC1C=c2c3c([nH]c(=O)c2=CC1(CCCN1CCNCC1C(C)O)OC)-c1cc2c(cc1C3=O)OCO2. The zero-order valence-electron chi connectivity index (χ0n) is 21.8. The molecule has 38 heavy (non-hydrogen) atoms. The molecule has 1 aromatic heterocycles. The summed E-state index contributed by atoms with van der Waals surface area (Å²) in [5.74, 6) is 0.897. The van der Waals surface area contributed by atoms with Gasteiger partial charge < -0.3 is 34.4 Å². The number of aromatic nitrogens is 1. The van der Waals surface area contributed by atoms with Crippen LogP contribution in [0.4, 0.5) is 0 Å². The Labute approximate surface area is 219 Å². The van der Waals surface area contributed by atoms with E-state index in [0.717, 1.165) is 32.6 Å². The van der Waals surface area contributed by atoms with Gasteiger partial charge in [-0.15, -0.1) is 0 Å². The van der Waals surface area contributed by atoms with Crippen molar-refractivity contribution in [3.8, 4) is 22.8 Å². The van der Waals surface area contributed by atoms with Gasteiger partial charge in [0.2, 0.25) is 6.79 Å². The molecule has 0 bridgehead atoms. The van der Waals surface area contributed by atoms with Gasteiger partial charge in [-0.25, -0.2) is 0 Å². The number of ether oxygens (including phenoxy) is 4. The van der Waals surface area contributed by atoms with Crippen LogP contribution in [0.1, 0.15) is 35.7 Å². The number of methoxy groups -OCH3 is 2. The summed E-state index contributed by atoms with van der Waals surface area (Å²) >= 11 is 0. The molecule has 2 aromatic rings. The third-order valence-corrected chi connectivity index (χ3v) is 8.34. The van der Waals surface area contributed by atoms with Gasteiger partial charge in [0.25, 0.3) is 5.56 Å². The topological polar surface area (TPSA) is 122 Å². The molecule has 10 nitrogen and oxygen atoms in total. The van der Waals surface area contributed by atoms with E-state index in [1.807, 2.05) is 19.1 Å². The largest absolute Gasteiger partial charge is 0.454 e. The van der Waals surface area contributed by atoms with Crippen molar-refractivity contribution in [2.45, 2.75) is 43.6 Å². The average Bonchev–Trinajstić information content (AvgIpc) is 3.49. The van der Waals surface area contributed by atoms with Crippen LogP contribution in [0, 0.1) is 0 Å². The highest BCUT2D eigenvalue weighted by molar-refractivity contribution is 6.21. The predicted octanol–water partition coefficient (Wildman–Crippen LogP) is -0.275. The predicted molar refractivity (Wildman–Crippen MR) is 140 cm³/mol. The van der Waals surface area contributed by atoms with E-state index in [9.17, 15) is 14.7 Å². The quantitative estimate of drug-likeness (QED) is 0.384. The maximum atomic E-state index is 13.6. The summed E-state index contributed by atoms with van der Waals surface area (Å²) in [5, 5.41) is 14.5. The number of pyridine rings is 1. The number of nitrogens with zero attached hydrogens (tertiary/aromatic N) is 1. The smallest absolute Gasteiger partial charge is 0.256 e. The first kappa shape index (κ1) is 25.3. The number of nitrogens with one attached hydrogen (secondary N) is 2. The molecule has 0 spiro atoms. The van der Waals surface area contributed by atoms with Gasteiger partial charge in [-0.2, -0.15) is 0 Å². The van der Waals surface area contributed by atoms with Crippen LogP contribution < -0.4 is 30.8 Å². The summed E-state index contributed by atoms with van der Waals surface area (Å²) < 4.78 is 22.9. The van der Waals surface area contributed by atoms with E-state index in [4.69, 9.17) is 18.9 Å². The maximum absolute atomic E-state index is 13.6. The Bertz CT molecular complexity index is 1470. The first-order valence-electron chi connectivity index (χ1n) is 13.1. The van der Waals surface area contributed by atoms with Gasteiger partial charge in [0.05, 0.1) is 17.4 Å². The number of hydrogen-bond acceptors (Lipinski definition) is 9. The molecular formula is C28H33N3O7. The number of carbonyl (C=O) groups is 1. The van der Waals surface area contributed by atoms with Gasteiger partial charge in [-0.1, -0.05) is 0 Å². The summed E-state index contributed by atoms with van der Waals surface area (Å²) in [6, 6.07) is 3.49. The number of piperazine rings is 1. The molecule has 2 aliphatic carbocycles. The van der Waals surface area contributed by atoms with Crippen LogP contribution in [0.3, 0.4) is 0 Å². The molecule has 2 aliphatic heterocycles. The van der Waals surface area contributed by atoms with E-state index >= 15 is 0 Å². The lowest BCUT2D eigenvalue weighted by molar-refractivity contribution is -0.0565. The van der Waals surface area contributed by atoms with Crippen LogP contribution in [-0.2, 0) is 9.47 Å². The lowest BCUT2D eigenvalue weighted by Crippen LogP contribution is -2.57. The molecule has 3 N–H and O–H groups in total. The zero-order valence-corrected chi connectivity index (χ0v) is 21.8. The standard InChI is InChI=1S/C28H33N3O7/c1-15(32)20-13-29-6-8-31(20)7-4-5-28(36-3)12-19-16(11-23(28)35-2)24-25(30-27(19)34)17-9-21-22(38-14-37-21)10-18(17)26(24)33/h9-12,15,20,23,29,32H,4-8,13-14H2,1-3H3,(H,30,34). The van der Waals surface area contributed by atoms with Crippen molar-refractivity contribution < 1.29 is 28.8 Å². The summed E-state index contributed by atoms with van der Waals surface area (Å²) in [5.41, 5.74) is 0.864. The lowest BCUT2D eigenvalue weighted by atomic mass is 9.84. The van der Waals surface area contributed by atoms with E-state index in [2.05, 4.69) is 15.2 Å². The van der Waals surface area contributed by atoms with Crippen LogP contribution in [0.5, 0.6) is 11.5 Å². The number of aliphatic hydroxyl groups excluding tert-OH is 1. The third kappa shape index (κ3) is 3.90. The molecule has 0 amide bonds. The first-order chi connectivity index (χ1) is 18.4. The average molecular weight is 524 g/mol. The van der Waals surface area contributed by atoms with Gasteiger partial charge in [0, 0.05) is 56.2 Å². The van der Waals surface area contributed by atoms with Crippen molar-refractivity contribution in [3.05, 3.63) is 44.1 Å². The molecule has 0 saturated carbocycles. The maximum Gasteiger partial charge on any atom is 0.256 e. The van der Waals surface area contributed by atoms with E-state index in [1.165, 1.54) is 0 Å². The number of carbonyl (C=O) groups excluding carboxylic acids is 1. The lowest BCUT2D eigenvalue weighted by Gasteiger charge is -2.40. The Hall–Kier alpha value is -3.02. The zero-order chi connectivity index (χ0) is 26.6. The number of hydrogen-bond donors (Lipinski definition) is 3. The van der Waals surface area contributed by atoms with Gasteiger partial charge >= 0.3 is 0 Å². The summed E-state index contributed by atoms with van der Waals surface area (Å²) in [6.07, 6.45) is 4.10. The minimum absolute atomic E-state index is 0.0540. The van der Waals surface area contributed by atoms with Crippen LogP contribution in [0.25, 0.3) is 23.4 Å². The first-order valence-corrected chi connectivity index (χ1v) is 13.1. The second-order valence-corrected chi connectivity index (χ2v) is 10.4. The Morgan fingerprint density at radius 2 is 1.95 bits per heavy atom. The number of aliphatic hydroxyl groups is 1. The van der Waals surface area contributed by atoms with Crippen molar-refractivity contribution in [1.29, 1.82) is 0 Å². The molecule has 6 rings (SSSR count). The van der Waals surface area contributed by atoms with Gasteiger partial charge in [0.15, 0.2) is 17.3 Å². The molecule has 4 atom stereocenters. The van der Waals surface area contributed by atoms with Crippen LogP contribution >= 0.6 is 0 Å². The van der Waals surface area contributed by atoms with Gasteiger partial charge in [-0.3, -0.25) is 14.5 Å². The monoisotopic (exact) mass is 523 g/mol. The molecule has 10 heteroatoms. The van der Waals surface area contributed by atoms with Crippen molar-refractivity contribution in [3.63, 3.8) is 0 Å². The van der Waals surface area contributed by atoms with Gasteiger partial charge in [-0.05, 0) is 55.8 Å². The molecule has 202 valence electrons. The Morgan fingerprint density at radius 1 is 1.18 bits per heavy atom. The fraction of sp³-hybridized carbons (Fsp3) is 0.500. The Kier molecular flexibility index (Phi) is 6.40. The number of rotatable bonds is 7. The molecule has 1 saturated heterocycles. The van der Waals surface area contributed by atoms with Crippen molar-refractivity contribution in [2.75, 3.05) is 47.2 Å². The fourth-order valence-corrected chi connectivity index (χ4v) is 6.32. The van der Waals surface area contributed by atoms with Crippen LogP contribution in [0.2, 0.25) is 0 Å². The second kappa shape index (κ2) is 9.62. The minimum atomic E-state index is -0.880. The van der Waals surface area contributed by atoms with Gasteiger partial charge in [0.1, 0.15) is 11.7 Å². The summed E-state index contributed by atoms with van der Waals surface area (Å²) in [6.45, 7) is 5.19. The van der Waals surface area contributed by atoms with Crippen molar-refractivity contribution in [2.24, 2.45) is 0 Å². The van der Waals surface area contributed by atoms with Crippen LogP contribution in [0.15, 0.2) is 16.9 Å². The fourth-order valence-electron chi connectivity index (χ4n) is 6.32. The minimum Gasteiger partial charge on any atom is -0.454 e. The van der Waals surface area contributed by atoms with Crippen molar-refractivity contribution in [1.82, 2.24) is 15.2 Å². The Morgan fingerprint density at radius 3 is 2.66 bits per heavy atom. The van der Waals surface area contributed by atoms with Crippen molar-refractivity contribution >= 4 is 17.9 Å². The van der Waals surface area contributed by atoms with E-state index < -0.39 is 17.8 Å². The normalized spacial score (nSPS) is 26.3. The molecule has 1 aromatic carbocycles. The molecule has 1 fully saturated rings. The molecule has 0 radical (unpaired) electrons. The van der Waals surface area contributed by atoms with E-state index in [-0.39, 0.29) is 24.2 Å². The number of H-pyrrole nitrogens is 1. The third-order valence-electron chi connectivity index (χ3n) is 8.34. The summed E-state index contributed by atoms with van der Waals surface area (Å²) in [7, 11) is 3.23. The molecular weight excluding hydrogens is 490 g/mol. The number of ketones is 1. The number of aromatic amines is 1. The second-order valence-electron chi connectivity index (χ2n) is 10.4. The van der Waals surface area contributed by atoms with Crippen LogP contribution in [-0.4, -0.2) is 91.8 Å². The molecule has 4 aliphatic rings. The Balaban J connectivity index is 1.37. The number of fused-ring (bicyclic) bond motifs is 6. The molecule has 3 heterocycles. The highest BCUT2D eigenvalue weighted by Crippen LogP contribution is 2.42. The number of benzene rings is 1.